The van der Waals surface area contributed by atoms with E-state index in [1.165, 1.54) is 24.0 Å². The van der Waals surface area contributed by atoms with Crippen LogP contribution in [-0.4, -0.2) is 32.8 Å². The maximum atomic E-state index is 5.93. The Balaban J connectivity index is 1.69. The molecule has 0 aliphatic carbocycles. The van der Waals surface area contributed by atoms with E-state index in [1.807, 2.05) is 24.5 Å². The molecule has 1 aliphatic heterocycles. The molecule has 3 aromatic rings. The Kier molecular flexibility index (Phi) is 5.21. The van der Waals surface area contributed by atoms with Gasteiger partial charge in [-0.3, -0.25) is 4.90 Å². The van der Waals surface area contributed by atoms with Gasteiger partial charge in [0.25, 0.3) is 0 Å². The normalized spacial score (nSPS) is 18.6. The van der Waals surface area contributed by atoms with Gasteiger partial charge in [-0.15, -0.1) is 10.2 Å². The number of benzene rings is 2. The van der Waals surface area contributed by atoms with E-state index < -0.39 is 0 Å². The number of nitrogens with zero attached hydrogens (tertiary/aromatic N) is 4. The zero-order valence-corrected chi connectivity index (χ0v) is 15.8. The molecule has 1 saturated heterocycles. The van der Waals surface area contributed by atoms with E-state index in [0.717, 1.165) is 37.1 Å². The number of nitrogens with two attached hydrogens (primary N) is 1. The van der Waals surface area contributed by atoms with E-state index in [1.54, 1.807) is 0 Å². The predicted octanol–water partition coefficient (Wildman–Crippen LogP) is 3.73. The molecule has 0 bridgehead atoms. The first-order chi connectivity index (χ1) is 13.2. The molecular weight excluding hydrogens is 334 g/mol. The summed E-state index contributed by atoms with van der Waals surface area (Å²) in [7, 11) is 0. The van der Waals surface area contributed by atoms with Gasteiger partial charge in [-0.25, -0.2) is 0 Å². The number of anilines is 1. The van der Waals surface area contributed by atoms with Gasteiger partial charge in [0, 0.05) is 12.2 Å². The lowest BCUT2D eigenvalue weighted by atomic mass is 10.0. The average molecular weight is 361 g/mol. The lowest BCUT2D eigenvalue weighted by Crippen LogP contribution is -2.30. The number of likely N-dealkylation sites (tertiary alicyclic amines) is 1. The SMILES string of the molecule is CC[C@H]1CCN(C(c2ccc(N)cc2)c2nncn2Cc2ccccc2)C1. The zero-order chi connectivity index (χ0) is 18.6. The predicted molar refractivity (Wildman–Crippen MR) is 108 cm³/mol. The lowest BCUT2D eigenvalue weighted by Gasteiger charge is -2.28. The average Bonchev–Trinajstić information content (AvgIpc) is 3.35. The van der Waals surface area contributed by atoms with Crippen molar-refractivity contribution >= 4 is 5.69 Å². The fourth-order valence-electron chi connectivity index (χ4n) is 4.01. The summed E-state index contributed by atoms with van der Waals surface area (Å²) in [6, 6.07) is 18.8. The third kappa shape index (κ3) is 3.88. The third-order valence-corrected chi connectivity index (χ3v) is 5.60. The van der Waals surface area contributed by atoms with Crippen molar-refractivity contribution in [1.82, 2.24) is 19.7 Å². The minimum absolute atomic E-state index is 0.105. The quantitative estimate of drug-likeness (QED) is 0.680. The number of hydrogen-bond donors (Lipinski definition) is 1. The van der Waals surface area contributed by atoms with Crippen molar-refractivity contribution < 1.29 is 0 Å². The highest BCUT2D eigenvalue weighted by molar-refractivity contribution is 5.41. The van der Waals surface area contributed by atoms with Crippen LogP contribution in [0.1, 0.15) is 42.8 Å². The van der Waals surface area contributed by atoms with Crippen molar-refractivity contribution in [3.63, 3.8) is 0 Å². The minimum Gasteiger partial charge on any atom is -0.399 e. The summed E-state index contributed by atoms with van der Waals surface area (Å²) >= 11 is 0. The zero-order valence-electron chi connectivity index (χ0n) is 15.8. The molecule has 2 atom stereocenters. The first-order valence-corrected chi connectivity index (χ1v) is 9.75. The summed E-state index contributed by atoms with van der Waals surface area (Å²) in [6.07, 6.45) is 4.32. The van der Waals surface area contributed by atoms with Crippen LogP contribution in [0.15, 0.2) is 60.9 Å². The van der Waals surface area contributed by atoms with E-state index >= 15 is 0 Å². The van der Waals surface area contributed by atoms with Crippen molar-refractivity contribution in [3.05, 3.63) is 77.9 Å². The van der Waals surface area contributed by atoms with Crippen molar-refractivity contribution in [3.8, 4) is 0 Å². The smallest absolute Gasteiger partial charge is 0.155 e. The summed E-state index contributed by atoms with van der Waals surface area (Å²) in [5.74, 6) is 1.76. The molecule has 0 saturated carbocycles. The molecule has 2 N–H and O–H groups in total. The van der Waals surface area contributed by atoms with Gasteiger partial charge in [-0.2, -0.15) is 0 Å². The molecular formula is C22H27N5. The van der Waals surface area contributed by atoms with Gasteiger partial charge in [0.1, 0.15) is 6.33 Å². The van der Waals surface area contributed by atoms with Crippen LogP contribution < -0.4 is 5.73 Å². The summed E-state index contributed by atoms with van der Waals surface area (Å²) in [6.45, 7) is 5.25. The van der Waals surface area contributed by atoms with E-state index in [2.05, 4.69) is 63.0 Å². The first kappa shape index (κ1) is 17.7. The molecule has 5 nitrogen and oxygen atoms in total. The van der Waals surface area contributed by atoms with Gasteiger partial charge in [-0.1, -0.05) is 55.8 Å². The standard InChI is InChI=1S/C22H27N5/c1-2-17-12-13-26(14-17)21(19-8-10-20(23)11-9-19)22-25-24-16-27(22)15-18-6-4-3-5-7-18/h3-11,16-17,21H,2,12-15,23H2,1H3/t17-,21?/m0/s1. The van der Waals surface area contributed by atoms with Crippen LogP contribution >= 0.6 is 0 Å². The second kappa shape index (κ2) is 7.92. The van der Waals surface area contributed by atoms with Gasteiger partial charge in [0.2, 0.25) is 0 Å². The Hall–Kier alpha value is -2.66. The van der Waals surface area contributed by atoms with Crippen molar-refractivity contribution in [2.45, 2.75) is 32.4 Å². The second-order valence-electron chi connectivity index (χ2n) is 7.43. The van der Waals surface area contributed by atoms with Gasteiger partial charge in [-0.05, 0) is 42.1 Å². The van der Waals surface area contributed by atoms with Gasteiger partial charge in [0.15, 0.2) is 5.82 Å². The highest BCUT2D eigenvalue weighted by atomic mass is 15.3. The lowest BCUT2D eigenvalue weighted by molar-refractivity contribution is 0.255. The van der Waals surface area contributed by atoms with Crippen LogP contribution in [0.5, 0.6) is 0 Å². The third-order valence-electron chi connectivity index (χ3n) is 5.60. The van der Waals surface area contributed by atoms with Crippen LogP contribution in [0.2, 0.25) is 0 Å². The monoisotopic (exact) mass is 361 g/mol. The van der Waals surface area contributed by atoms with Crippen LogP contribution in [-0.2, 0) is 6.54 Å². The minimum atomic E-state index is 0.105. The maximum Gasteiger partial charge on any atom is 0.155 e. The summed E-state index contributed by atoms with van der Waals surface area (Å²) in [5.41, 5.74) is 9.19. The largest absolute Gasteiger partial charge is 0.399 e. The van der Waals surface area contributed by atoms with Crippen LogP contribution in [0.25, 0.3) is 0 Å². The summed E-state index contributed by atoms with van der Waals surface area (Å²) in [4.78, 5) is 2.55. The molecule has 1 unspecified atom stereocenters. The molecule has 0 amide bonds. The Labute approximate surface area is 160 Å². The Morgan fingerprint density at radius 1 is 1.11 bits per heavy atom. The van der Waals surface area contributed by atoms with E-state index in [4.69, 9.17) is 5.73 Å². The molecule has 27 heavy (non-hydrogen) atoms. The highest BCUT2D eigenvalue weighted by Gasteiger charge is 2.32. The van der Waals surface area contributed by atoms with Crippen LogP contribution in [0, 0.1) is 5.92 Å². The van der Waals surface area contributed by atoms with Gasteiger partial charge in [0.05, 0.1) is 12.6 Å². The molecule has 0 radical (unpaired) electrons. The molecule has 2 heterocycles. The fourth-order valence-corrected chi connectivity index (χ4v) is 4.01. The highest BCUT2D eigenvalue weighted by Crippen LogP contribution is 2.33. The molecule has 4 rings (SSSR count). The number of aromatic nitrogens is 3. The van der Waals surface area contributed by atoms with Crippen molar-refractivity contribution in [2.24, 2.45) is 5.92 Å². The molecule has 1 aromatic heterocycles. The van der Waals surface area contributed by atoms with Crippen molar-refractivity contribution in [1.29, 1.82) is 0 Å². The van der Waals surface area contributed by atoms with E-state index in [0.29, 0.717) is 0 Å². The molecule has 5 heteroatoms. The van der Waals surface area contributed by atoms with Gasteiger partial charge >= 0.3 is 0 Å². The maximum absolute atomic E-state index is 5.93. The van der Waals surface area contributed by atoms with Crippen molar-refractivity contribution in [2.75, 3.05) is 18.8 Å². The molecule has 140 valence electrons. The van der Waals surface area contributed by atoms with E-state index in [-0.39, 0.29) is 6.04 Å². The Morgan fingerprint density at radius 2 is 1.89 bits per heavy atom. The summed E-state index contributed by atoms with van der Waals surface area (Å²) in [5, 5.41) is 8.80. The Morgan fingerprint density at radius 3 is 2.59 bits per heavy atom. The molecule has 1 aliphatic rings. The second-order valence-corrected chi connectivity index (χ2v) is 7.43. The first-order valence-electron chi connectivity index (χ1n) is 9.75. The summed E-state index contributed by atoms with van der Waals surface area (Å²) < 4.78 is 2.18. The Bertz CT molecular complexity index is 856. The molecule has 2 aromatic carbocycles. The molecule has 0 spiro atoms. The molecule has 1 fully saturated rings. The number of nitrogen functional groups attached to an aromatic ring is 1. The van der Waals surface area contributed by atoms with Gasteiger partial charge < -0.3 is 10.3 Å². The van der Waals surface area contributed by atoms with E-state index in [9.17, 15) is 0 Å². The topological polar surface area (TPSA) is 60.0 Å². The number of hydrogen-bond acceptors (Lipinski definition) is 4. The number of rotatable bonds is 6. The van der Waals surface area contributed by atoms with Crippen LogP contribution in [0.3, 0.4) is 0 Å². The van der Waals surface area contributed by atoms with Crippen LogP contribution in [0.4, 0.5) is 5.69 Å². The fraction of sp³-hybridized carbons (Fsp3) is 0.364.